The summed E-state index contributed by atoms with van der Waals surface area (Å²) in [5.74, 6) is 0.687. The fourth-order valence-electron chi connectivity index (χ4n) is 2.92. The maximum absolute atomic E-state index is 12.0. The second-order valence-electron chi connectivity index (χ2n) is 5.19. The number of aryl methyl sites for hydroxylation is 2. The smallest absolute Gasteiger partial charge is 0.328 e. The molecule has 0 bridgehead atoms. The normalized spacial score (nSPS) is 17.6. The summed E-state index contributed by atoms with van der Waals surface area (Å²) in [6.07, 6.45) is 4.66. The predicted octanol–water partition coefficient (Wildman–Crippen LogP) is 2.91. The fourth-order valence-corrected chi connectivity index (χ4v) is 2.92. The Morgan fingerprint density at radius 2 is 2.20 bits per heavy atom. The first-order valence-corrected chi connectivity index (χ1v) is 6.92. The Labute approximate surface area is 118 Å². The Morgan fingerprint density at radius 1 is 1.40 bits per heavy atom. The van der Waals surface area contributed by atoms with Gasteiger partial charge in [0.05, 0.1) is 7.11 Å². The van der Waals surface area contributed by atoms with Gasteiger partial charge in [0.25, 0.3) is 0 Å². The summed E-state index contributed by atoms with van der Waals surface area (Å²) in [5.41, 5.74) is 3.36. The molecule has 0 spiro atoms. The highest BCUT2D eigenvalue weighted by molar-refractivity contribution is 5.76. The third-order valence-corrected chi connectivity index (χ3v) is 3.95. The van der Waals surface area contributed by atoms with Gasteiger partial charge in [0.2, 0.25) is 0 Å². The summed E-state index contributed by atoms with van der Waals surface area (Å²) in [6, 6.07) is 7.87. The number of methoxy groups -OCH3 is 1. The molecule has 0 amide bonds. The van der Waals surface area contributed by atoms with Crippen molar-refractivity contribution in [2.45, 2.75) is 32.2 Å². The van der Waals surface area contributed by atoms with Crippen LogP contribution < -0.4 is 0 Å². The van der Waals surface area contributed by atoms with Gasteiger partial charge < -0.3 is 9.30 Å². The highest BCUT2D eigenvalue weighted by Crippen LogP contribution is 2.33. The molecular weight excluding hydrogens is 252 g/mol. The Balaban J connectivity index is 2.13. The number of fused-ring (bicyclic) bond motifs is 1. The summed E-state index contributed by atoms with van der Waals surface area (Å²) in [7, 11) is 1.45. The standard InChI is InChI=1S/C16H18N2O2/c1-11-6-3-4-8-13(11)15-17-10-12-7-5-9-14(18(12)15)16(19)20-2/h3-4,6,8,10,14H,5,7,9H2,1-2H3. The molecule has 0 aliphatic carbocycles. The van der Waals surface area contributed by atoms with E-state index in [1.54, 1.807) is 0 Å². The van der Waals surface area contributed by atoms with Gasteiger partial charge >= 0.3 is 5.97 Å². The number of carbonyl (C=O) groups excluding carboxylic acids is 1. The van der Waals surface area contributed by atoms with Crippen molar-refractivity contribution < 1.29 is 9.53 Å². The van der Waals surface area contributed by atoms with E-state index in [0.717, 1.165) is 41.9 Å². The van der Waals surface area contributed by atoms with Gasteiger partial charge in [-0.1, -0.05) is 24.3 Å². The quantitative estimate of drug-likeness (QED) is 0.788. The molecule has 1 aromatic heterocycles. The van der Waals surface area contributed by atoms with Crippen molar-refractivity contribution in [1.29, 1.82) is 0 Å². The molecule has 0 fully saturated rings. The summed E-state index contributed by atoms with van der Waals surface area (Å²) >= 11 is 0. The average molecular weight is 270 g/mol. The van der Waals surface area contributed by atoms with Crippen molar-refractivity contribution in [2.24, 2.45) is 0 Å². The summed E-state index contributed by atoms with van der Waals surface area (Å²) in [4.78, 5) is 16.6. The van der Waals surface area contributed by atoms with Gasteiger partial charge in [0.15, 0.2) is 0 Å². The number of rotatable bonds is 2. The zero-order chi connectivity index (χ0) is 14.1. The van der Waals surface area contributed by atoms with E-state index in [2.05, 4.69) is 22.5 Å². The van der Waals surface area contributed by atoms with E-state index in [0.29, 0.717) is 0 Å². The second-order valence-corrected chi connectivity index (χ2v) is 5.19. The number of ether oxygens (including phenoxy) is 1. The maximum atomic E-state index is 12.0. The summed E-state index contributed by atoms with van der Waals surface area (Å²) < 4.78 is 7.00. The molecule has 0 N–H and O–H groups in total. The molecule has 104 valence electrons. The molecule has 0 radical (unpaired) electrons. The topological polar surface area (TPSA) is 44.1 Å². The third kappa shape index (κ3) is 2.01. The highest BCUT2D eigenvalue weighted by atomic mass is 16.5. The molecule has 1 aliphatic rings. The van der Waals surface area contributed by atoms with Crippen molar-refractivity contribution >= 4 is 5.97 Å². The van der Waals surface area contributed by atoms with E-state index < -0.39 is 0 Å². The molecule has 0 saturated carbocycles. The minimum Gasteiger partial charge on any atom is -0.467 e. The van der Waals surface area contributed by atoms with Crippen LogP contribution in [0.1, 0.15) is 30.1 Å². The van der Waals surface area contributed by atoms with Crippen molar-refractivity contribution in [3.8, 4) is 11.4 Å². The van der Waals surface area contributed by atoms with Gasteiger partial charge in [-0.15, -0.1) is 0 Å². The van der Waals surface area contributed by atoms with Crippen LogP contribution in [0, 0.1) is 6.92 Å². The van der Waals surface area contributed by atoms with Crippen molar-refractivity contribution in [1.82, 2.24) is 9.55 Å². The number of imidazole rings is 1. The Hall–Kier alpha value is -2.10. The molecule has 1 aliphatic heterocycles. The first-order chi connectivity index (χ1) is 9.72. The summed E-state index contributed by atoms with van der Waals surface area (Å²) in [6.45, 7) is 2.06. The number of benzene rings is 1. The molecule has 1 atom stereocenters. The number of hydrogen-bond donors (Lipinski definition) is 0. The summed E-state index contributed by atoms with van der Waals surface area (Å²) in [5, 5.41) is 0. The Bertz CT molecular complexity index is 646. The van der Waals surface area contributed by atoms with E-state index in [9.17, 15) is 4.79 Å². The number of carbonyl (C=O) groups is 1. The monoisotopic (exact) mass is 270 g/mol. The van der Waals surface area contributed by atoms with Gasteiger partial charge in [0, 0.05) is 17.5 Å². The first kappa shape index (κ1) is 12.9. The molecule has 20 heavy (non-hydrogen) atoms. The number of esters is 1. The van der Waals surface area contributed by atoms with E-state index in [4.69, 9.17) is 4.74 Å². The molecule has 2 heterocycles. The first-order valence-electron chi connectivity index (χ1n) is 6.92. The fraction of sp³-hybridized carbons (Fsp3) is 0.375. The van der Waals surface area contributed by atoms with Crippen LogP contribution in [0.25, 0.3) is 11.4 Å². The lowest BCUT2D eigenvalue weighted by Gasteiger charge is -2.25. The van der Waals surface area contributed by atoms with Crippen LogP contribution in [-0.2, 0) is 16.0 Å². The average Bonchev–Trinajstić information content (AvgIpc) is 2.91. The van der Waals surface area contributed by atoms with E-state index in [1.807, 2.05) is 24.4 Å². The Morgan fingerprint density at radius 3 is 2.95 bits per heavy atom. The van der Waals surface area contributed by atoms with Crippen LogP contribution in [0.2, 0.25) is 0 Å². The van der Waals surface area contributed by atoms with Gasteiger partial charge in [0.1, 0.15) is 11.9 Å². The van der Waals surface area contributed by atoms with Crippen LogP contribution in [0.5, 0.6) is 0 Å². The minimum absolute atomic E-state index is 0.182. The van der Waals surface area contributed by atoms with E-state index >= 15 is 0 Å². The number of aromatic nitrogens is 2. The number of hydrogen-bond acceptors (Lipinski definition) is 3. The highest BCUT2D eigenvalue weighted by Gasteiger charge is 2.30. The van der Waals surface area contributed by atoms with Crippen molar-refractivity contribution in [2.75, 3.05) is 7.11 Å². The lowest BCUT2D eigenvalue weighted by Crippen LogP contribution is -2.26. The van der Waals surface area contributed by atoms with Crippen molar-refractivity contribution in [3.63, 3.8) is 0 Å². The lowest BCUT2D eigenvalue weighted by molar-refractivity contribution is -0.145. The molecular formula is C16H18N2O2. The minimum atomic E-state index is -0.249. The van der Waals surface area contributed by atoms with Gasteiger partial charge in [-0.3, -0.25) is 0 Å². The molecule has 1 unspecified atom stereocenters. The van der Waals surface area contributed by atoms with Crippen LogP contribution in [0.3, 0.4) is 0 Å². The third-order valence-electron chi connectivity index (χ3n) is 3.95. The van der Waals surface area contributed by atoms with Crippen molar-refractivity contribution in [3.05, 3.63) is 41.7 Å². The zero-order valence-corrected chi connectivity index (χ0v) is 11.8. The van der Waals surface area contributed by atoms with Crippen LogP contribution >= 0.6 is 0 Å². The van der Waals surface area contributed by atoms with Gasteiger partial charge in [-0.05, 0) is 31.7 Å². The van der Waals surface area contributed by atoms with E-state index in [1.165, 1.54) is 7.11 Å². The molecule has 1 aromatic carbocycles. The van der Waals surface area contributed by atoms with Crippen LogP contribution in [-0.4, -0.2) is 22.6 Å². The second kappa shape index (κ2) is 5.12. The van der Waals surface area contributed by atoms with Crippen LogP contribution in [0.15, 0.2) is 30.5 Å². The molecule has 0 saturated heterocycles. The predicted molar refractivity (Wildman–Crippen MR) is 76.4 cm³/mol. The van der Waals surface area contributed by atoms with Crippen LogP contribution in [0.4, 0.5) is 0 Å². The van der Waals surface area contributed by atoms with Gasteiger partial charge in [-0.25, -0.2) is 9.78 Å². The Kier molecular flexibility index (Phi) is 3.30. The maximum Gasteiger partial charge on any atom is 0.328 e. The molecule has 4 heteroatoms. The largest absolute Gasteiger partial charge is 0.467 e. The molecule has 3 rings (SSSR count). The lowest BCUT2D eigenvalue weighted by atomic mass is 10.0. The molecule has 2 aromatic rings. The zero-order valence-electron chi connectivity index (χ0n) is 11.8. The van der Waals surface area contributed by atoms with Gasteiger partial charge in [-0.2, -0.15) is 0 Å². The van der Waals surface area contributed by atoms with E-state index in [-0.39, 0.29) is 12.0 Å². The SMILES string of the molecule is COC(=O)C1CCCc2cnc(-c3ccccc3C)n21. The number of nitrogens with zero attached hydrogens (tertiary/aromatic N) is 2. The molecule has 4 nitrogen and oxygen atoms in total.